The first kappa shape index (κ1) is 14.8. The van der Waals surface area contributed by atoms with E-state index in [1.54, 1.807) is 0 Å². The second-order valence-corrected chi connectivity index (χ2v) is 5.98. The van der Waals surface area contributed by atoms with E-state index < -0.39 is 0 Å². The zero-order chi connectivity index (χ0) is 13.7. The average molecular weight is 269 g/mol. The van der Waals surface area contributed by atoms with E-state index >= 15 is 0 Å². The van der Waals surface area contributed by atoms with Crippen molar-refractivity contribution in [3.63, 3.8) is 0 Å². The molecular weight excluding hydrogens is 242 g/mol. The Morgan fingerprint density at radius 2 is 2.16 bits per heavy atom. The SMILES string of the molecule is COC(=O)CC1CC(NCC2CC2)CN(CCN)C1. The fourth-order valence-corrected chi connectivity index (χ4v) is 2.94. The highest BCUT2D eigenvalue weighted by Gasteiger charge is 2.30. The van der Waals surface area contributed by atoms with Gasteiger partial charge < -0.3 is 20.7 Å². The summed E-state index contributed by atoms with van der Waals surface area (Å²) in [7, 11) is 1.46. The van der Waals surface area contributed by atoms with Gasteiger partial charge in [0.15, 0.2) is 0 Å². The van der Waals surface area contributed by atoms with Gasteiger partial charge in [0.25, 0.3) is 0 Å². The zero-order valence-corrected chi connectivity index (χ0v) is 11.9. The van der Waals surface area contributed by atoms with Gasteiger partial charge in [-0.05, 0) is 37.6 Å². The predicted octanol–water partition coefficient (Wildman–Crippen LogP) is 0.198. The van der Waals surface area contributed by atoms with Crippen LogP contribution in [0.3, 0.4) is 0 Å². The molecule has 0 aromatic heterocycles. The fraction of sp³-hybridized carbons (Fsp3) is 0.929. The Morgan fingerprint density at radius 1 is 1.37 bits per heavy atom. The minimum Gasteiger partial charge on any atom is -0.469 e. The van der Waals surface area contributed by atoms with Gasteiger partial charge >= 0.3 is 5.97 Å². The average Bonchev–Trinajstić information content (AvgIpc) is 3.20. The van der Waals surface area contributed by atoms with Crippen LogP contribution in [0.5, 0.6) is 0 Å². The lowest BCUT2D eigenvalue weighted by molar-refractivity contribution is -0.142. The summed E-state index contributed by atoms with van der Waals surface area (Å²) in [5.41, 5.74) is 5.66. The van der Waals surface area contributed by atoms with Crippen LogP contribution < -0.4 is 11.1 Å². The summed E-state index contributed by atoms with van der Waals surface area (Å²) in [6.45, 7) is 4.75. The summed E-state index contributed by atoms with van der Waals surface area (Å²) in [5, 5.41) is 3.66. The van der Waals surface area contributed by atoms with E-state index in [4.69, 9.17) is 10.5 Å². The number of esters is 1. The van der Waals surface area contributed by atoms with Gasteiger partial charge in [-0.3, -0.25) is 4.79 Å². The number of piperidine rings is 1. The van der Waals surface area contributed by atoms with Crippen LogP contribution >= 0.6 is 0 Å². The Labute approximate surface area is 115 Å². The molecule has 0 aromatic rings. The van der Waals surface area contributed by atoms with Crippen LogP contribution in [-0.4, -0.2) is 56.7 Å². The van der Waals surface area contributed by atoms with Gasteiger partial charge in [-0.2, -0.15) is 0 Å². The van der Waals surface area contributed by atoms with Crippen LogP contribution in [0.15, 0.2) is 0 Å². The van der Waals surface area contributed by atoms with Gasteiger partial charge in [-0.15, -0.1) is 0 Å². The van der Waals surface area contributed by atoms with Crippen molar-refractivity contribution in [2.24, 2.45) is 17.6 Å². The minimum atomic E-state index is -0.0967. The standard InChI is InChI=1S/C14H27N3O2/c1-19-14(18)7-12-6-13(16-8-11-2-3-11)10-17(9-12)5-4-15/h11-13,16H,2-10,15H2,1H3. The fourth-order valence-electron chi connectivity index (χ4n) is 2.94. The highest BCUT2D eigenvalue weighted by molar-refractivity contribution is 5.69. The monoisotopic (exact) mass is 269 g/mol. The first-order chi connectivity index (χ1) is 9.21. The van der Waals surface area contributed by atoms with Crippen molar-refractivity contribution in [3.8, 4) is 0 Å². The number of ether oxygens (including phenoxy) is 1. The summed E-state index contributed by atoms with van der Waals surface area (Å²) < 4.78 is 4.79. The summed E-state index contributed by atoms with van der Waals surface area (Å²) >= 11 is 0. The van der Waals surface area contributed by atoms with Gasteiger partial charge in [0, 0.05) is 38.6 Å². The first-order valence-electron chi connectivity index (χ1n) is 7.44. The lowest BCUT2D eigenvalue weighted by atomic mass is 9.91. The quantitative estimate of drug-likeness (QED) is 0.646. The molecule has 110 valence electrons. The number of hydrogen-bond donors (Lipinski definition) is 2. The maximum absolute atomic E-state index is 11.4. The van der Waals surface area contributed by atoms with E-state index in [2.05, 4.69) is 10.2 Å². The van der Waals surface area contributed by atoms with E-state index in [1.165, 1.54) is 20.0 Å². The van der Waals surface area contributed by atoms with Crippen molar-refractivity contribution >= 4 is 5.97 Å². The second-order valence-electron chi connectivity index (χ2n) is 5.98. The Bertz CT molecular complexity index is 294. The zero-order valence-electron chi connectivity index (χ0n) is 11.9. The Balaban J connectivity index is 1.81. The molecule has 2 fully saturated rings. The van der Waals surface area contributed by atoms with E-state index in [1.807, 2.05) is 0 Å². The third-order valence-electron chi connectivity index (χ3n) is 4.13. The molecule has 1 aliphatic carbocycles. The Kier molecular flexibility index (Phi) is 5.60. The van der Waals surface area contributed by atoms with Crippen molar-refractivity contribution in [2.75, 3.05) is 39.8 Å². The molecule has 5 nitrogen and oxygen atoms in total. The van der Waals surface area contributed by atoms with Gasteiger partial charge in [-0.25, -0.2) is 0 Å². The molecular formula is C14H27N3O2. The molecule has 0 aromatic carbocycles. The lowest BCUT2D eigenvalue weighted by Gasteiger charge is -2.37. The highest BCUT2D eigenvalue weighted by atomic mass is 16.5. The van der Waals surface area contributed by atoms with Gasteiger partial charge in [0.2, 0.25) is 0 Å². The number of likely N-dealkylation sites (tertiary alicyclic amines) is 1. The maximum atomic E-state index is 11.4. The number of carbonyl (C=O) groups is 1. The van der Waals surface area contributed by atoms with Gasteiger partial charge in [0.1, 0.15) is 0 Å². The summed E-state index contributed by atoms with van der Waals surface area (Å²) in [4.78, 5) is 13.8. The first-order valence-corrected chi connectivity index (χ1v) is 7.44. The van der Waals surface area contributed by atoms with Gasteiger partial charge in [-0.1, -0.05) is 0 Å². The Hall–Kier alpha value is -0.650. The van der Waals surface area contributed by atoms with Crippen molar-refractivity contribution in [1.29, 1.82) is 0 Å². The molecule has 2 atom stereocenters. The third kappa shape index (κ3) is 5.09. The van der Waals surface area contributed by atoms with E-state index in [0.29, 0.717) is 24.9 Å². The minimum absolute atomic E-state index is 0.0967. The number of nitrogens with zero attached hydrogens (tertiary/aromatic N) is 1. The van der Waals surface area contributed by atoms with E-state index in [0.717, 1.165) is 38.5 Å². The van der Waals surface area contributed by atoms with Crippen molar-refractivity contribution in [1.82, 2.24) is 10.2 Å². The van der Waals surface area contributed by atoms with Crippen LogP contribution in [0.4, 0.5) is 0 Å². The summed E-state index contributed by atoms with van der Waals surface area (Å²) in [6, 6.07) is 0.496. The summed E-state index contributed by atoms with van der Waals surface area (Å²) in [5.74, 6) is 1.19. The van der Waals surface area contributed by atoms with Gasteiger partial charge in [0.05, 0.1) is 7.11 Å². The van der Waals surface area contributed by atoms with Crippen molar-refractivity contribution in [2.45, 2.75) is 31.7 Å². The number of methoxy groups -OCH3 is 1. The molecule has 0 bridgehead atoms. The molecule has 3 N–H and O–H groups in total. The molecule has 5 heteroatoms. The molecule has 1 saturated heterocycles. The number of nitrogens with one attached hydrogen (secondary N) is 1. The summed E-state index contributed by atoms with van der Waals surface area (Å²) in [6.07, 6.45) is 4.34. The van der Waals surface area contributed by atoms with Crippen LogP contribution in [0.25, 0.3) is 0 Å². The van der Waals surface area contributed by atoms with Crippen LogP contribution in [-0.2, 0) is 9.53 Å². The third-order valence-corrected chi connectivity index (χ3v) is 4.13. The largest absolute Gasteiger partial charge is 0.469 e. The van der Waals surface area contributed by atoms with Crippen LogP contribution in [0.1, 0.15) is 25.7 Å². The number of hydrogen-bond acceptors (Lipinski definition) is 5. The molecule has 2 rings (SSSR count). The second kappa shape index (κ2) is 7.22. The molecule has 0 spiro atoms. The Morgan fingerprint density at radius 3 is 2.79 bits per heavy atom. The smallest absolute Gasteiger partial charge is 0.305 e. The predicted molar refractivity (Wildman–Crippen MR) is 74.7 cm³/mol. The molecule has 2 unspecified atom stereocenters. The topological polar surface area (TPSA) is 67.6 Å². The highest BCUT2D eigenvalue weighted by Crippen LogP contribution is 2.28. The number of carbonyl (C=O) groups excluding carboxylic acids is 1. The van der Waals surface area contributed by atoms with Crippen molar-refractivity contribution < 1.29 is 9.53 Å². The van der Waals surface area contributed by atoms with Crippen molar-refractivity contribution in [3.05, 3.63) is 0 Å². The molecule has 0 radical (unpaired) electrons. The van der Waals surface area contributed by atoms with Crippen LogP contribution in [0.2, 0.25) is 0 Å². The maximum Gasteiger partial charge on any atom is 0.305 e. The molecule has 1 saturated carbocycles. The number of rotatable bonds is 7. The molecule has 0 amide bonds. The number of nitrogens with two attached hydrogens (primary N) is 1. The van der Waals surface area contributed by atoms with Crippen LogP contribution in [0, 0.1) is 11.8 Å². The normalized spacial score (nSPS) is 28.3. The lowest BCUT2D eigenvalue weighted by Crippen LogP contribution is -2.51. The molecule has 19 heavy (non-hydrogen) atoms. The van der Waals surface area contributed by atoms with E-state index in [-0.39, 0.29) is 5.97 Å². The molecule has 1 heterocycles. The van der Waals surface area contributed by atoms with E-state index in [9.17, 15) is 4.79 Å². The molecule has 1 aliphatic heterocycles. The molecule has 2 aliphatic rings.